The Morgan fingerprint density at radius 1 is 1.22 bits per heavy atom. The van der Waals surface area contributed by atoms with Crippen molar-refractivity contribution in [2.24, 2.45) is 11.8 Å². The third kappa shape index (κ3) is 2.41. The molecule has 2 N–H and O–H groups in total. The van der Waals surface area contributed by atoms with Crippen molar-refractivity contribution in [3.63, 3.8) is 0 Å². The Labute approximate surface area is 106 Å². The smallest absolute Gasteiger partial charge is 0.307 e. The minimum atomic E-state index is -0.905. The van der Waals surface area contributed by atoms with E-state index < -0.39 is 17.8 Å². The van der Waals surface area contributed by atoms with E-state index in [9.17, 15) is 14.7 Å². The van der Waals surface area contributed by atoms with Gasteiger partial charge in [-0.1, -0.05) is 12.2 Å². The highest BCUT2D eigenvalue weighted by atomic mass is 16.4. The van der Waals surface area contributed by atoms with Crippen LogP contribution >= 0.6 is 0 Å². The molecule has 0 aromatic heterocycles. The number of carbonyl (C=O) groups is 2. The molecular formula is C13H19NO4. The van der Waals surface area contributed by atoms with Gasteiger partial charge in [-0.2, -0.15) is 0 Å². The highest BCUT2D eigenvalue weighted by Gasteiger charge is 2.39. The highest BCUT2D eigenvalue weighted by Crippen LogP contribution is 2.30. The Kier molecular flexibility index (Phi) is 4.01. The second-order valence-corrected chi connectivity index (χ2v) is 5.00. The number of carbonyl (C=O) groups excluding carboxylic acids is 1. The summed E-state index contributed by atoms with van der Waals surface area (Å²) in [5.74, 6) is -2.11. The van der Waals surface area contributed by atoms with Crippen LogP contribution in [0.15, 0.2) is 12.2 Å². The topological polar surface area (TPSA) is 77.8 Å². The summed E-state index contributed by atoms with van der Waals surface area (Å²) in [6, 6.07) is -0.127. The van der Waals surface area contributed by atoms with Crippen molar-refractivity contribution in [1.29, 1.82) is 0 Å². The van der Waals surface area contributed by atoms with Gasteiger partial charge in [0, 0.05) is 6.54 Å². The SMILES string of the molecule is O=C(O)C1CC=CCC1C(=O)N1CCCC1CO. The standard InChI is InChI=1S/C13H19NO4/c15-8-9-4-3-7-14(9)12(16)10-5-1-2-6-11(10)13(17)18/h1-2,9-11,15H,3-8H2,(H,17,18). The van der Waals surface area contributed by atoms with Gasteiger partial charge in [0.05, 0.1) is 24.5 Å². The average molecular weight is 253 g/mol. The van der Waals surface area contributed by atoms with Crippen molar-refractivity contribution in [1.82, 2.24) is 4.90 Å². The Morgan fingerprint density at radius 3 is 2.50 bits per heavy atom. The maximum Gasteiger partial charge on any atom is 0.307 e. The van der Waals surface area contributed by atoms with Crippen LogP contribution in [0.5, 0.6) is 0 Å². The van der Waals surface area contributed by atoms with Gasteiger partial charge in [-0.15, -0.1) is 0 Å². The van der Waals surface area contributed by atoms with E-state index in [0.717, 1.165) is 12.8 Å². The summed E-state index contributed by atoms with van der Waals surface area (Å²) in [5.41, 5.74) is 0. The number of aliphatic carboxylic acids is 1. The molecule has 2 aliphatic rings. The van der Waals surface area contributed by atoms with Crippen molar-refractivity contribution in [3.05, 3.63) is 12.2 Å². The van der Waals surface area contributed by atoms with Crippen LogP contribution < -0.4 is 0 Å². The second-order valence-electron chi connectivity index (χ2n) is 5.00. The number of hydrogen-bond acceptors (Lipinski definition) is 3. The molecule has 18 heavy (non-hydrogen) atoms. The minimum Gasteiger partial charge on any atom is -0.481 e. The fourth-order valence-corrected chi connectivity index (χ4v) is 2.89. The van der Waals surface area contributed by atoms with Crippen LogP contribution in [-0.4, -0.2) is 46.2 Å². The predicted molar refractivity (Wildman–Crippen MR) is 64.8 cm³/mol. The lowest BCUT2D eigenvalue weighted by atomic mass is 9.82. The van der Waals surface area contributed by atoms with Gasteiger partial charge in [-0.3, -0.25) is 9.59 Å². The van der Waals surface area contributed by atoms with E-state index in [0.29, 0.717) is 19.4 Å². The number of nitrogens with zero attached hydrogens (tertiary/aromatic N) is 1. The average Bonchev–Trinajstić information content (AvgIpc) is 2.86. The van der Waals surface area contributed by atoms with E-state index in [1.807, 2.05) is 12.2 Å². The number of likely N-dealkylation sites (tertiary alicyclic amines) is 1. The van der Waals surface area contributed by atoms with E-state index in [2.05, 4.69) is 0 Å². The summed E-state index contributed by atoms with van der Waals surface area (Å²) in [5, 5.41) is 18.4. The van der Waals surface area contributed by atoms with E-state index in [4.69, 9.17) is 5.11 Å². The molecule has 0 spiro atoms. The summed E-state index contributed by atoms with van der Waals surface area (Å²) in [7, 11) is 0. The molecule has 0 bridgehead atoms. The molecule has 3 unspecified atom stereocenters. The van der Waals surface area contributed by atoms with E-state index in [-0.39, 0.29) is 18.6 Å². The molecular weight excluding hydrogens is 234 g/mol. The van der Waals surface area contributed by atoms with E-state index >= 15 is 0 Å². The molecule has 2 rings (SSSR count). The fourth-order valence-electron chi connectivity index (χ4n) is 2.89. The maximum atomic E-state index is 12.4. The quantitative estimate of drug-likeness (QED) is 0.723. The molecule has 5 nitrogen and oxygen atoms in total. The lowest BCUT2D eigenvalue weighted by Crippen LogP contribution is -2.45. The largest absolute Gasteiger partial charge is 0.481 e. The van der Waals surface area contributed by atoms with Gasteiger partial charge in [0.25, 0.3) is 0 Å². The highest BCUT2D eigenvalue weighted by molar-refractivity contribution is 5.85. The van der Waals surface area contributed by atoms with Gasteiger partial charge in [0.1, 0.15) is 0 Å². The first-order valence-electron chi connectivity index (χ1n) is 6.44. The molecule has 5 heteroatoms. The molecule has 1 fully saturated rings. The van der Waals surface area contributed by atoms with Crippen LogP contribution in [0.3, 0.4) is 0 Å². The summed E-state index contributed by atoms with van der Waals surface area (Å²) in [6.07, 6.45) is 6.32. The fraction of sp³-hybridized carbons (Fsp3) is 0.692. The zero-order valence-electron chi connectivity index (χ0n) is 10.3. The first-order chi connectivity index (χ1) is 8.65. The van der Waals surface area contributed by atoms with Gasteiger partial charge in [0.15, 0.2) is 0 Å². The molecule has 1 heterocycles. The van der Waals surface area contributed by atoms with Gasteiger partial charge >= 0.3 is 5.97 Å². The van der Waals surface area contributed by atoms with Crippen molar-refractivity contribution in [2.45, 2.75) is 31.7 Å². The van der Waals surface area contributed by atoms with Gasteiger partial charge in [-0.25, -0.2) is 0 Å². The lowest BCUT2D eigenvalue weighted by molar-refractivity contribution is -0.151. The monoisotopic (exact) mass is 253 g/mol. The van der Waals surface area contributed by atoms with Crippen LogP contribution in [0.2, 0.25) is 0 Å². The van der Waals surface area contributed by atoms with E-state index in [1.54, 1.807) is 4.90 Å². The molecule has 3 atom stereocenters. The Bertz CT molecular complexity index is 366. The minimum absolute atomic E-state index is 0.0357. The number of aliphatic hydroxyl groups excluding tert-OH is 1. The zero-order chi connectivity index (χ0) is 13.1. The van der Waals surface area contributed by atoms with Crippen molar-refractivity contribution in [3.8, 4) is 0 Å². The van der Waals surface area contributed by atoms with Crippen molar-refractivity contribution < 1.29 is 19.8 Å². The number of carboxylic acids is 1. The van der Waals surface area contributed by atoms with Crippen LogP contribution in [-0.2, 0) is 9.59 Å². The number of allylic oxidation sites excluding steroid dienone is 2. The Morgan fingerprint density at radius 2 is 1.89 bits per heavy atom. The van der Waals surface area contributed by atoms with Gasteiger partial charge < -0.3 is 15.1 Å². The molecule has 0 saturated carbocycles. The second kappa shape index (κ2) is 5.52. The van der Waals surface area contributed by atoms with Gasteiger partial charge in [-0.05, 0) is 25.7 Å². The first-order valence-corrected chi connectivity index (χ1v) is 6.44. The normalized spacial score (nSPS) is 31.6. The molecule has 1 aliphatic heterocycles. The summed E-state index contributed by atoms with van der Waals surface area (Å²) in [4.78, 5) is 25.2. The zero-order valence-corrected chi connectivity index (χ0v) is 10.3. The summed E-state index contributed by atoms with van der Waals surface area (Å²) >= 11 is 0. The molecule has 0 aromatic rings. The Balaban J connectivity index is 2.11. The molecule has 1 aliphatic carbocycles. The number of aliphatic hydroxyl groups is 1. The number of rotatable bonds is 3. The molecule has 0 radical (unpaired) electrons. The maximum absolute atomic E-state index is 12.4. The third-order valence-corrected chi connectivity index (χ3v) is 3.94. The number of hydrogen-bond donors (Lipinski definition) is 2. The number of amides is 1. The van der Waals surface area contributed by atoms with Crippen LogP contribution in [0.25, 0.3) is 0 Å². The van der Waals surface area contributed by atoms with Crippen LogP contribution in [0.4, 0.5) is 0 Å². The molecule has 1 saturated heterocycles. The van der Waals surface area contributed by atoms with Crippen LogP contribution in [0, 0.1) is 11.8 Å². The van der Waals surface area contributed by atoms with Crippen molar-refractivity contribution in [2.75, 3.05) is 13.2 Å². The van der Waals surface area contributed by atoms with Gasteiger partial charge in [0.2, 0.25) is 5.91 Å². The summed E-state index contributed by atoms with van der Waals surface area (Å²) in [6.45, 7) is 0.600. The van der Waals surface area contributed by atoms with Crippen molar-refractivity contribution >= 4 is 11.9 Å². The molecule has 1 amide bonds. The first kappa shape index (κ1) is 13.1. The number of carboxylic acid groups (broad SMARTS) is 1. The molecule has 0 aromatic carbocycles. The lowest BCUT2D eigenvalue weighted by Gasteiger charge is -2.31. The third-order valence-electron chi connectivity index (χ3n) is 3.94. The molecule has 100 valence electrons. The van der Waals surface area contributed by atoms with Crippen LogP contribution in [0.1, 0.15) is 25.7 Å². The summed E-state index contributed by atoms with van der Waals surface area (Å²) < 4.78 is 0. The predicted octanol–water partition coefficient (Wildman–Crippen LogP) is 0.637. The van der Waals surface area contributed by atoms with E-state index in [1.165, 1.54) is 0 Å². The Hall–Kier alpha value is -1.36.